The van der Waals surface area contributed by atoms with E-state index in [-0.39, 0.29) is 0 Å². The number of rotatable bonds is 8. The molecule has 8 nitrogen and oxygen atoms in total. The van der Waals surface area contributed by atoms with Crippen LogP contribution in [-0.4, -0.2) is 34.4 Å². The molecule has 0 aromatic carbocycles. The molecule has 9 heteroatoms. The highest BCUT2D eigenvalue weighted by molar-refractivity contribution is 7.52. The molecule has 0 aromatic heterocycles. The summed E-state index contributed by atoms with van der Waals surface area (Å²) >= 11 is 0. The van der Waals surface area contributed by atoms with Gasteiger partial charge in [0.1, 0.15) is 6.16 Å². The zero-order valence-electron chi connectivity index (χ0n) is 11.9. The van der Waals surface area contributed by atoms with Crippen molar-refractivity contribution in [2.75, 3.05) is 12.7 Å². The SMILES string of the molecule is CCCCCCCCN.NC(=O)NC(=O)CP(=O)(O)O. The zero-order valence-corrected chi connectivity index (χ0v) is 12.8. The molecule has 7 N–H and O–H groups in total. The van der Waals surface area contributed by atoms with E-state index in [2.05, 4.69) is 12.7 Å². The number of nitrogens with two attached hydrogens (primary N) is 2. The van der Waals surface area contributed by atoms with Gasteiger partial charge < -0.3 is 21.3 Å². The number of nitrogens with one attached hydrogen (secondary N) is 1. The van der Waals surface area contributed by atoms with Crippen molar-refractivity contribution in [2.24, 2.45) is 11.5 Å². The van der Waals surface area contributed by atoms with Gasteiger partial charge in [0.15, 0.2) is 0 Å². The van der Waals surface area contributed by atoms with Gasteiger partial charge in [0.25, 0.3) is 0 Å². The van der Waals surface area contributed by atoms with Crippen LogP contribution in [0.2, 0.25) is 0 Å². The second-order valence-electron chi connectivity index (χ2n) is 4.29. The van der Waals surface area contributed by atoms with E-state index in [1.807, 2.05) is 0 Å². The number of carbonyl (C=O) groups is 2. The Kier molecular flexibility index (Phi) is 13.9. The predicted octanol–water partition coefficient (Wildman–Crippen LogP) is 0.665. The third-order valence-electron chi connectivity index (χ3n) is 2.17. The fourth-order valence-electron chi connectivity index (χ4n) is 1.29. The van der Waals surface area contributed by atoms with E-state index in [0.717, 1.165) is 6.54 Å². The maximum absolute atomic E-state index is 10.4. The minimum Gasteiger partial charge on any atom is -0.351 e. The fraction of sp³-hybridized carbons (Fsp3) is 0.818. The Hall–Kier alpha value is -0.950. The first-order chi connectivity index (χ1) is 9.22. The summed E-state index contributed by atoms with van der Waals surface area (Å²) in [6.45, 7) is 3.11. The molecule has 0 spiro atoms. The van der Waals surface area contributed by atoms with E-state index >= 15 is 0 Å². The van der Waals surface area contributed by atoms with E-state index < -0.39 is 25.7 Å². The van der Waals surface area contributed by atoms with Crippen LogP contribution in [0, 0.1) is 0 Å². The molecule has 0 saturated heterocycles. The average molecular weight is 311 g/mol. The molecule has 0 aliphatic carbocycles. The minimum absolute atomic E-state index is 0.867. The molecule has 0 rings (SSSR count). The van der Waals surface area contributed by atoms with Crippen molar-refractivity contribution in [3.63, 3.8) is 0 Å². The van der Waals surface area contributed by atoms with Crippen molar-refractivity contribution < 1.29 is 23.9 Å². The van der Waals surface area contributed by atoms with Crippen molar-refractivity contribution >= 4 is 19.5 Å². The van der Waals surface area contributed by atoms with Gasteiger partial charge in [-0.25, -0.2) is 4.79 Å². The van der Waals surface area contributed by atoms with Gasteiger partial charge in [0, 0.05) is 0 Å². The topological polar surface area (TPSA) is 156 Å². The molecule has 0 aromatic rings. The summed E-state index contributed by atoms with van der Waals surface area (Å²) in [4.78, 5) is 36.7. The van der Waals surface area contributed by atoms with Crippen LogP contribution >= 0.6 is 7.60 Å². The number of hydrogen-bond donors (Lipinski definition) is 5. The van der Waals surface area contributed by atoms with E-state index in [1.54, 1.807) is 0 Å². The lowest BCUT2D eigenvalue weighted by molar-refractivity contribution is -0.117. The highest BCUT2D eigenvalue weighted by Crippen LogP contribution is 2.33. The summed E-state index contributed by atoms with van der Waals surface area (Å²) in [5.41, 5.74) is 9.83. The van der Waals surface area contributed by atoms with Crippen molar-refractivity contribution in [1.29, 1.82) is 0 Å². The van der Waals surface area contributed by atoms with Gasteiger partial charge in [0.2, 0.25) is 5.91 Å². The average Bonchev–Trinajstić information content (AvgIpc) is 2.26. The molecule has 3 amide bonds. The molecular weight excluding hydrogens is 285 g/mol. The fourth-order valence-corrected chi connectivity index (χ4v) is 1.74. The summed E-state index contributed by atoms with van der Waals surface area (Å²) < 4.78 is 10.1. The molecular formula is C11H26N3O5P. The Morgan fingerprint density at radius 1 is 1.10 bits per heavy atom. The first-order valence-corrected chi connectivity index (χ1v) is 8.36. The van der Waals surface area contributed by atoms with Gasteiger partial charge in [-0.1, -0.05) is 39.0 Å². The highest BCUT2D eigenvalue weighted by Gasteiger charge is 2.19. The lowest BCUT2D eigenvalue weighted by atomic mass is 10.1. The molecule has 0 fully saturated rings. The lowest BCUT2D eigenvalue weighted by Gasteiger charge is -2.01. The quantitative estimate of drug-likeness (QED) is 0.327. The number of urea groups is 1. The van der Waals surface area contributed by atoms with Crippen LogP contribution in [-0.2, 0) is 9.36 Å². The molecule has 120 valence electrons. The summed E-state index contributed by atoms with van der Waals surface area (Å²) in [6, 6.07) is -1.14. The third-order valence-corrected chi connectivity index (χ3v) is 2.87. The van der Waals surface area contributed by atoms with Gasteiger partial charge in [-0.3, -0.25) is 14.7 Å². The third kappa shape index (κ3) is 22.2. The van der Waals surface area contributed by atoms with E-state index in [1.165, 1.54) is 43.8 Å². The Labute approximate surface area is 119 Å². The van der Waals surface area contributed by atoms with Crippen LogP contribution in [0.5, 0.6) is 0 Å². The van der Waals surface area contributed by atoms with E-state index in [0.29, 0.717) is 0 Å². The van der Waals surface area contributed by atoms with Gasteiger partial charge >= 0.3 is 13.6 Å². The van der Waals surface area contributed by atoms with Crippen LogP contribution in [0.1, 0.15) is 45.4 Å². The summed E-state index contributed by atoms with van der Waals surface area (Å²) in [7, 11) is -4.40. The maximum atomic E-state index is 10.4. The first kappa shape index (κ1) is 21.4. The van der Waals surface area contributed by atoms with E-state index in [4.69, 9.17) is 15.5 Å². The molecule has 0 saturated carbocycles. The summed E-state index contributed by atoms with van der Waals surface area (Å²) in [6.07, 6.45) is 7.02. The first-order valence-electron chi connectivity index (χ1n) is 6.56. The van der Waals surface area contributed by atoms with E-state index in [9.17, 15) is 14.2 Å². The second-order valence-corrected chi connectivity index (χ2v) is 5.94. The van der Waals surface area contributed by atoms with Gasteiger partial charge in [0.05, 0.1) is 0 Å². The Balaban J connectivity index is 0. The summed E-state index contributed by atoms with van der Waals surface area (Å²) in [5, 5.41) is 1.51. The second kappa shape index (κ2) is 13.1. The molecule has 0 heterocycles. The molecule has 0 aliphatic rings. The molecule has 0 atom stereocenters. The van der Waals surface area contributed by atoms with Gasteiger partial charge in [-0.15, -0.1) is 0 Å². The molecule has 0 unspecified atom stereocenters. The van der Waals surface area contributed by atoms with Crippen LogP contribution in [0.3, 0.4) is 0 Å². The number of hydrogen-bond acceptors (Lipinski definition) is 4. The molecule has 0 radical (unpaired) electrons. The maximum Gasteiger partial charge on any atom is 0.334 e. The van der Waals surface area contributed by atoms with Crippen LogP contribution in [0.25, 0.3) is 0 Å². The minimum atomic E-state index is -4.40. The van der Waals surface area contributed by atoms with Crippen LogP contribution in [0.15, 0.2) is 0 Å². The molecule has 0 aliphatic heterocycles. The number of amides is 3. The van der Waals surface area contributed by atoms with Crippen molar-refractivity contribution in [2.45, 2.75) is 45.4 Å². The summed E-state index contributed by atoms with van der Waals surface area (Å²) in [5.74, 6) is -1.09. The number of imide groups is 1. The monoisotopic (exact) mass is 311 g/mol. The largest absolute Gasteiger partial charge is 0.351 e. The van der Waals surface area contributed by atoms with Gasteiger partial charge in [-0.05, 0) is 13.0 Å². The molecule has 20 heavy (non-hydrogen) atoms. The normalized spacial score (nSPS) is 10.4. The van der Waals surface area contributed by atoms with Crippen molar-refractivity contribution in [1.82, 2.24) is 5.32 Å². The standard InChI is InChI=1S/C8H19N.C3H7N2O5P/c1-2-3-4-5-6-7-8-9;4-3(7)5-2(6)1-11(8,9)10/h2-9H2,1H3;1H2,(H2,8,9,10)(H3,4,5,6,7). The van der Waals surface area contributed by atoms with Crippen LogP contribution < -0.4 is 16.8 Å². The zero-order chi connectivity index (χ0) is 16.0. The van der Waals surface area contributed by atoms with Crippen molar-refractivity contribution in [3.05, 3.63) is 0 Å². The number of carbonyl (C=O) groups excluding carboxylic acids is 2. The smallest absolute Gasteiger partial charge is 0.334 e. The van der Waals surface area contributed by atoms with Crippen LogP contribution in [0.4, 0.5) is 4.79 Å². The Morgan fingerprint density at radius 2 is 1.60 bits per heavy atom. The Morgan fingerprint density at radius 3 is 2.00 bits per heavy atom. The van der Waals surface area contributed by atoms with Gasteiger partial charge in [-0.2, -0.15) is 0 Å². The predicted molar refractivity (Wildman–Crippen MR) is 77.1 cm³/mol. The Bertz CT molecular complexity index is 313. The highest BCUT2D eigenvalue weighted by atomic mass is 31.2. The molecule has 0 bridgehead atoms. The number of primary amides is 1. The number of unbranched alkanes of at least 4 members (excludes halogenated alkanes) is 5. The lowest BCUT2D eigenvalue weighted by Crippen LogP contribution is -2.36. The van der Waals surface area contributed by atoms with Crippen molar-refractivity contribution in [3.8, 4) is 0 Å².